The van der Waals surface area contributed by atoms with Crippen molar-refractivity contribution in [3.63, 3.8) is 0 Å². The second-order valence-electron chi connectivity index (χ2n) is 6.23. The van der Waals surface area contributed by atoms with Crippen LogP contribution in [0, 0.1) is 0 Å². The Kier molecular flexibility index (Phi) is 12.2. The zero-order valence-electron chi connectivity index (χ0n) is 15.8. The molecular weight excluding hydrogens is 354 g/mol. The number of aliphatic carboxylic acids is 2. The fraction of sp³-hybridized carbons (Fsp3) is 0.556. The summed E-state index contributed by atoms with van der Waals surface area (Å²) in [6.07, 6.45) is 1.94. The van der Waals surface area contributed by atoms with Gasteiger partial charge in [0, 0.05) is 24.2 Å². The van der Waals surface area contributed by atoms with Gasteiger partial charge in [0.15, 0.2) is 0 Å². The van der Waals surface area contributed by atoms with Crippen molar-refractivity contribution in [2.24, 2.45) is 0 Å². The molecule has 152 valence electrons. The Morgan fingerprint density at radius 1 is 0.778 bits per heavy atom. The molecule has 0 aromatic heterocycles. The Hall–Kier alpha value is -2.68. The lowest BCUT2D eigenvalue weighted by Gasteiger charge is -2.16. The van der Waals surface area contributed by atoms with Crippen LogP contribution in [0.1, 0.15) is 32.1 Å². The molecule has 0 saturated carbocycles. The molecule has 0 radical (unpaired) electrons. The van der Waals surface area contributed by atoms with E-state index >= 15 is 0 Å². The van der Waals surface area contributed by atoms with Gasteiger partial charge in [-0.25, -0.2) is 9.59 Å². The molecule has 0 rings (SSSR count). The largest absolute Gasteiger partial charge is 0.478 e. The van der Waals surface area contributed by atoms with Crippen LogP contribution in [0.15, 0.2) is 24.3 Å². The van der Waals surface area contributed by atoms with E-state index in [0.717, 1.165) is 32.4 Å². The number of carboxylic acid groups (broad SMARTS) is 2. The lowest BCUT2D eigenvalue weighted by molar-refractivity contribution is -0.134. The summed E-state index contributed by atoms with van der Waals surface area (Å²) in [6.45, 7) is 9.14. The minimum Gasteiger partial charge on any atom is -0.478 e. The van der Waals surface area contributed by atoms with Crippen molar-refractivity contribution in [2.45, 2.75) is 32.1 Å². The van der Waals surface area contributed by atoms with Crippen molar-refractivity contribution >= 4 is 23.8 Å². The SMILES string of the molecule is C=C(CC(=O)NCCCCN(C)CCCNC(=O)CC(=C)C(=O)O)C(=O)O. The van der Waals surface area contributed by atoms with Crippen molar-refractivity contribution in [3.8, 4) is 0 Å². The Morgan fingerprint density at radius 2 is 1.19 bits per heavy atom. The predicted molar refractivity (Wildman–Crippen MR) is 100 cm³/mol. The average molecular weight is 383 g/mol. The fourth-order valence-corrected chi connectivity index (χ4v) is 2.09. The van der Waals surface area contributed by atoms with Crippen LogP contribution in [0.2, 0.25) is 0 Å². The molecule has 2 amide bonds. The van der Waals surface area contributed by atoms with Crippen LogP contribution in [0.3, 0.4) is 0 Å². The molecule has 0 atom stereocenters. The lowest BCUT2D eigenvalue weighted by atomic mass is 10.2. The summed E-state index contributed by atoms with van der Waals surface area (Å²) in [5.41, 5.74) is -0.268. The standard InChI is InChI=1S/C18H29N3O6/c1-13(17(24)25)11-15(22)19-7-4-5-9-21(3)10-6-8-20-16(23)12-14(2)18(26)27/h1-2,4-12H2,3H3,(H,19,22)(H,20,23)(H,24,25)(H,26,27). The van der Waals surface area contributed by atoms with E-state index in [-0.39, 0.29) is 35.8 Å². The van der Waals surface area contributed by atoms with Crippen molar-refractivity contribution < 1.29 is 29.4 Å². The number of amides is 2. The number of carbonyl (C=O) groups excluding carboxylic acids is 2. The molecule has 0 bridgehead atoms. The molecule has 0 heterocycles. The molecule has 0 aliphatic carbocycles. The summed E-state index contributed by atoms with van der Waals surface area (Å²) < 4.78 is 0. The minimum atomic E-state index is -1.17. The highest BCUT2D eigenvalue weighted by atomic mass is 16.4. The van der Waals surface area contributed by atoms with Crippen LogP contribution in [0.4, 0.5) is 0 Å². The first-order valence-corrected chi connectivity index (χ1v) is 8.67. The summed E-state index contributed by atoms with van der Waals surface area (Å²) in [5.74, 6) is -3.05. The van der Waals surface area contributed by atoms with Crippen LogP contribution in [-0.2, 0) is 19.2 Å². The molecule has 0 aromatic rings. The Balaban J connectivity index is 3.66. The number of nitrogens with one attached hydrogen (secondary N) is 2. The molecule has 0 spiro atoms. The average Bonchev–Trinajstić information content (AvgIpc) is 2.58. The Labute approximate surface area is 159 Å². The Morgan fingerprint density at radius 3 is 1.63 bits per heavy atom. The zero-order chi connectivity index (χ0) is 20.8. The molecule has 4 N–H and O–H groups in total. The molecular formula is C18H29N3O6. The summed E-state index contributed by atoms with van der Waals surface area (Å²) >= 11 is 0. The van der Waals surface area contributed by atoms with E-state index in [1.807, 2.05) is 7.05 Å². The molecule has 0 aliphatic heterocycles. The number of unbranched alkanes of at least 4 members (excludes halogenated alkanes) is 1. The number of nitrogens with zero attached hydrogens (tertiary/aromatic N) is 1. The number of carboxylic acids is 2. The minimum absolute atomic E-state index is 0.133. The van der Waals surface area contributed by atoms with Crippen molar-refractivity contribution in [1.29, 1.82) is 0 Å². The van der Waals surface area contributed by atoms with Gasteiger partial charge in [0.25, 0.3) is 0 Å². The zero-order valence-corrected chi connectivity index (χ0v) is 15.8. The number of rotatable bonds is 15. The van der Waals surface area contributed by atoms with E-state index < -0.39 is 11.9 Å². The normalized spacial score (nSPS) is 10.3. The maximum absolute atomic E-state index is 11.5. The smallest absolute Gasteiger partial charge is 0.331 e. The van der Waals surface area contributed by atoms with Gasteiger partial charge < -0.3 is 25.7 Å². The third-order valence-corrected chi connectivity index (χ3v) is 3.68. The van der Waals surface area contributed by atoms with Crippen LogP contribution in [-0.4, -0.2) is 72.1 Å². The monoisotopic (exact) mass is 383 g/mol. The maximum atomic E-state index is 11.5. The molecule has 27 heavy (non-hydrogen) atoms. The first-order valence-electron chi connectivity index (χ1n) is 8.67. The molecule has 0 aromatic carbocycles. The van der Waals surface area contributed by atoms with E-state index in [2.05, 4.69) is 28.7 Å². The van der Waals surface area contributed by atoms with Gasteiger partial charge in [-0.05, 0) is 39.4 Å². The van der Waals surface area contributed by atoms with Crippen LogP contribution in [0.25, 0.3) is 0 Å². The van der Waals surface area contributed by atoms with Gasteiger partial charge in [-0.2, -0.15) is 0 Å². The Bertz CT molecular complexity index is 573. The highest BCUT2D eigenvalue weighted by molar-refractivity contribution is 5.93. The van der Waals surface area contributed by atoms with Crippen LogP contribution < -0.4 is 10.6 Å². The highest BCUT2D eigenvalue weighted by Gasteiger charge is 2.10. The quantitative estimate of drug-likeness (QED) is 0.237. The van der Waals surface area contributed by atoms with Crippen molar-refractivity contribution in [3.05, 3.63) is 24.3 Å². The van der Waals surface area contributed by atoms with E-state index in [9.17, 15) is 19.2 Å². The van der Waals surface area contributed by atoms with Crippen molar-refractivity contribution in [2.75, 3.05) is 33.2 Å². The first kappa shape index (κ1) is 24.3. The van der Waals surface area contributed by atoms with Crippen LogP contribution >= 0.6 is 0 Å². The molecule has 0 saturated heterocycles. The highest BCUT2D eigenvalue weighted by Crippen LogP contribution is 1.99. The summed E-state index contributed by atoms with van der Waals surface area (Å²) in [4.78, 5) is 46.2. The second-order valence-corrected chi connectivity index (χ2v) is 6.23. The van der Waals surface area contributed by atoms with E-state index in [0.29, 0.717) is 13.1 Å². The molecule has 0 fully saturated rings. The summed E-state index contributed by atoms with van der Waals surface area (Å²) in [5, 5.41) is 22.6. The van der Waals surface area contributed by atoms with Gasteiger partial charge in [0.1, 0.15) is 0 Å². The van der Waals surface area contributed by atoms with Gasteiger partial charge in [0.2, 0.25) is 11.8 Å². The lowest BCUT2D eigenvalue weighted by Crippen LogP contribution is -2.29. The van der Waals surface area contributed by atoms with Gasteiger partial charge in [-0.1, -0.05) is 13.2 Å². The predicted octanol–water partition coefficient (Wildman–Crippen LogP) is 0.383. The molecule has 0 unspecified atom stereocenters. The van der Waals surface area contributed by atoms with Crippen LogP contribution in [0.5, 0.6) is 0 Å². The fourth-order valence-electron chi connectivity index (χ4n) is 2.09. The van der Waals surface area contributed by atoms with Gasteiger partial charge in [-0.15, -0.1) is 0 Å². The molecule has 9 heteroatoms. The second kappa shape index (κ2) is 13.5. The summed E-state index contributed by atoms with van der Waals surface area (Å²) in [6, 6.07) is 0. The topological polar surface area (TPSA) is 136 Å². The summed E-state index contributed by atoms with van der Waals surface area (Å²) in [7, 11) is 1.95. The molecule has 9 nitrogen and oxygen atoms in total. The van der Waals surface area contributed by atoms with Gasteiger partial charge >= 0.3 is 11.9 Å². The third-order valence-electron chi connectivity index (χ3n) is 3.68. The number of hydrogen-bond donors (Lipinski definition) is 4. The van der Waals surface area contributed by atoms with Gasteiger partial charge in [-0.3, -0.25) is 9.59 Å². The number of hydrogen-bond acceptors (Lipinski definition) is 5. The third kappa shape index (κ3) is 13.2. The van der Waals surface area contributed by atoms with Gasteiger partial charge in [0.05, 0.1) is 12.8 Å². The van der Waals surface area contributed by atoms with E-state index in [1.54, 1.807) is 0 Å². The van der Waals surface area contributed by atoms with E-state index in [4.69, 9.17) is 10.2 Å². The number of carbonyl (C=O) groups is 4. The van der Waals surface area contributed by atoms with Crippen molar-refractivity contribution in [1.82, 2.24) is 15.5 Å². The van der Waals surface area contributed by atoms with E-state index in [1.165, 1.54) is 0 Å². The maximum Gasteiger partial charge on any atom is 0.331 e. The first-order chi connectivity index (χ1) is 12.6. The molecule has 0 aliphatic rings.